The summed E-state index contributed by atoms with van der Waals surface area (Å²) in [5, 5.41) is 11.1. The van der Waals surface area contributed by atoms with Crippen molar-refractivity contribution in [2.75, 3.05) is 13.6 Å². The molecule has 1 aromatic heterocycles. The molecule has 118 valence electrons. The Morgan fingerprint density at radius 1 is 1.41 bits per heavy atom. The van der Waals surface area contributed by atoms with E-state index in [1.807, 2.05) is 12.2 Å². The van der Waals surface area contributed by atoms with E-state index in [2.05, 4.69) is 41.3 Å². The van der Waals surface area contributed by atoms with Gasteiger partial charge in [0.1, 0.15) is 0 Å². The van der Waals surface area contributed by atoms with E-state index in [9.17, 15) is 5.11 Å². The van der Waals surface area contributed by atoms with Crippen LogP contribution in [0.3, 0.4) is 0 Å². The molecular weight excluding hydrogens is 272 g/mol. The largest absolute Gasteiger partial charge is 0.386 e. The molecule has 3 heteroatoms. The second kappa shape index (κ2) is 5.90. The van der Waals surface area contributed by atoms with Crippen LogP contribution in [0.1, 0.15) is 37.8 Å². The summed E-state index contributed by atoms with van der Waals surface area (Å²) >= 11 is 0. The first-order valence-corrected chi connectivity index (χ1v) is 8.14. The lowest BCUT2D eigenvalue weighted by Gasteiger charge is -2.18. The second-order valence-electron chi connectivity index (χ2n) is 7.09. The van der Waals surface area contributed by atoms with Crippen LogP contribution >= 0.6 is 0 Å². The Morgan fingerprint density at radius 2 is 2.23 bits per heavy atom. The fourth-order valence-electron chi connectivity index (χ4n) is 3.26. The highest BCUT2D eigenvalue weighted by Crippen LogP contribution is 2.26. The topological polar surface area (TPSA) is 39.3 Å². The van der Waals surface area contributed by atoms with Crippen molar-refractivity contribution in [2.24, 2.45) is 0 Å². The summed E-state index contributed by atoms with van der Waals surface area (Å²) in [7, 11) is 2.23. The predicted octanol–water partition coefficient (Wildman–Crippen LogP) is 3.59. The zero-order chi connectivity index (χ0) is 15.7. The smallest absolute Gasteiger partial charge is 0.0774 e. The highest BCUT2D eigenvalue weighted by atomic mass is 16.3. The summed E-state index contributed by atoms with van der Waals surface area (Å²) in [6.45, 7) is 4.80. The lowest BCUT2D eigenvalue weighted by atomic mass is 10.0. The summed E-state index contributed by atoms with van der Waals surface area (Å²) in [5.41, 5.74) is 2.95. The molecule has 3 rings (SSSR count). The molecule has 1 aliphatic heterocycles. The quantitative estimate of drug-likeness (QED) is 0.905. The lowest BCUT2D eigenvalue weighted by Crippen LogP contribution is -2.26. The maximum atomic E-state index is 9.83. The lowest BCUT2D eigenvalue weighted by molar-refractivity contribution is 0.134. The molecule has 1 saturated heterocycles. The number of benzene rings is 1. The Hall–Kier alpha value is -1.58. The molecular formula is C19H26N2O. The summed E-state index contributed by atoms with van der Waals surface area (Å²) in [6.07, 6.45) is 9.70. The summed E-state index contributed by atoms with van der Waals surface area (Å²) in [6, 6.07) is 7.10. The van der Waals surface area contributed by atoms with E-state index in [1.54, 1.807) is 13.8 Å². The van der Waals surface area contributed by atoms with Crippen molar-refractivity contribution in [3.05, 3.63) is 41.6 Å². The minimum atomic E-state index is -0.775. The first-order valence-electron chi connectivity index (χ1n) is 8.14. The average Bonchev–Trinajstić information content (AvgIpc) is 3.04. The molecule has 1 aliphatic rings. The molecule has 22 heavy (non-hydrogen) atoms. The molecule has 2 N–H and O–H groups in total. The van der Waals surface area contributed by atoms with Gasteiger partial charge in [0, 0.05) is 23.1 Å². The average molecular weight is 298 g/mol. The number of hydrogen-bond acceptors (Lipinski definition) is 2. The first-order chi connectivity index (χ1) is 10.4. The van der Waals surface area contributed by atoms with Crippen LogP contribution in [0.2, 0.25) is 0 Å². The maximum Gasteiger partial charge on any atom is 0.0774 e. The zero-order valence-corrected chi connectivity index (χ0v) is 13.8. The van der Waals surface area contributed by atoms with E-state index < -0.39 is 5.60 Å². The Kier molecular flexibility index (Phi) is 4.11. The number of rotatable bonds is 4. The van der Waals surface area contributed by atoms with Gasteiger partial charge in [-0.3, -0.25) is 0 Å². The van der Waals surface area contributed by atoms with E-state index in [0.29, 0.717) is 6.04 Å². The van der Waals surface area contributed by atoms with Crippen LogP contribution in [-0.2, 0) is 6.42 Å². The van der Waals surface area contributed by atoms with E-state index in [4.69, 9.17) is 0 Å². The van der Waals surface area contributed by atoms with E-state index >= 15 is 0 Å². The molecule has 0 spiro atoms. The number of aliphatic hydroxyl groups is 1. The molecule has 0 saturated carbocycles. The monoisotopic (exact) mass is 298 g/mol. The molecule has 2 heterocycles. The third kappa shape index (κ3) is 3.42. The number of likely N-dealkylation sites (N-methyl/N-ethyl adjacent to an activating group) is 1. The fraction of sp³-hybridized carbons (Fsp3) is 0.474. The molecule has 0 amide bonds. The zero-order valence-electron chi connectivity index (χ0n) is 13.8. The van der Waals surface area contributed by atoms with Crippen molar-refractivity contribution in [1.82, 2.24) is 9.88 Å². The Labute approximate surface area is 132 Å². The van der Waals surface area contributed by atoms with E-state index in [0.717, 1.165) is 12.0 Å². The third-order valence-corrected chi connectivity index (χ3v) is 4.60. The number of likely N-dealkylation sites (tertiary alicyclic amines) is 1. The van der Waals surface area contributed by atoms with Crippen LogP contribution in [0, 0.1) is 0 Å². The third-order valence-electron chi connectivity index (χ3n) is 4.60. The van der Waals surface area contributed by atoms with E-state index in [1.165, 1.54) is 35.9 Å². The van der Waals surface area contributed by atoms with Gasteiger partial charge in [-0.25, -0.2) is 0 Å². The Morgan fingerprint density at radius 3 is 2.91 bits per heavy atom. The number of aromatic nitrogens is 1. The number of fused-ring (bicyclic) bond motifs is 1. The van der Waals surface area contributed by atoms with Gasteiger partial charge in [-0.05, 0) is 70.0 Å². The SMILES string of the molecule is CN1CCC[C@@H]1Cc1c[nH]c2ccc(/C=C/C(C)(C)O)cc12. The standard InChI is InChI=1S/C19H26N2O/c1-19(2,22)9-8-14-6-7-18-17(11-14)15(13-20-18)12-16-5-4-10-21(16)3/h6-9,11,13,16,20,22H,4-5,10,12H2,1-3H3/b9-8+/t16-/m1/s1. The molecule has 1 aromatic carbocycles. The van der Waals surface area contributed by atoms with Gasteiger partial charge >= 0.3 is 0 Å². The predicted molar refractivity (Wildman–Crippen MR) is 93.0 cm³/mol. The van der Waals surface area contributed by atoms with Gasteiger partial charge in [0.25, 0.3) is 0 Å². The summed E-state index contributed by atoms with van der Waals surface area (Å²) in [5.74, 6) is 0. The molecule has 2 aromatic rings. The van der Waals surface area contributed by atoms with Crippen molar-refractivity contribution < 1.29 is 5.11 Å². The van der Waals surface area contributed by atoms with Crippen molar-refractivity contribution in [1.29, 1.82) is 0 Å². The van der Waals surface area contributed by atoms with Crippen molar-refractivity contribution in [3.63, 3.8) is 0 Å². The molecule has 0 bridgehead atoms. The van der Waals surface area contributed by atoms with E-state index in [-0.39, 0.29) is 0 Å². The van der Waals surface area contributed by atoms with Gasteiger partial charge in [0.2, 0.25) is 0 Å². The highest BCUT2D eigenvalue weighted by Gasteiger charge is 2.22. The van der Waals surface area contributed by atoms with Crippen LogP contribution in [0.4, 0.5) is 0 Å². The molecule has 3 nitrogen and oxygen atoms in total. The normalized spacial score (nSPS) is 20.5. The second-order valence-corrected chi connectivity index (χ2v) is 7.09. The molecule has 1 atom stereocenters. The van der Waals surface area contributed by atoms with Crippen LogP contribution in [-0.4, -0.2) is 40.2 Å². The van der Waals surface area contributed by atoms with Crippen LogP contribution in [0.25, 0.3) is 17.0 Å². The first kappa shape index (κ1) is 15.3. The van der Waals surface area contributed by atoms with Crippen LogP contribution < -0.4 is 0 Å². The van der Waals surface area contributed by atoms with Crippen LogP contribution in [0.5, 0.6) is 0 Å². The van der Waals surface area contributed by atoms with Gasteiger partial charge in [-0.1, -0.05) is 18.2 Å². The highest BCUT2D eigenvalue weighted by molar-refractivity contribution is 5.85. The number of hydrogen-bond donors (Lipinski definition) is 2. The van der Waals surface area contributed by atoms with Gasteiger partial charge in [0.05, 0.1) is 5.60 Å². The summed E-state index contributed by atoms with van der Waals surface area (Å²) < 4.78 is 0. The van der Waals surface area contributed by atoms with Gasteiger partial charge in [0.15, 0.2) is 0 Å². The van der Waals surface area contributed by atoms with Gasteiger partial charge in [-0.2, -0.15) is 0 Å². The van der Waals surface area contributed by atoms with Crippen molar-refractivity contribution in [2.45, 2.75) is 44.8 Å². The number of nitrogens with zero attached hydrogens (tertiary/aromatic N) is 1. The Balaban J connectivity index is 1.87. The van der Waals surface area contributed by atoms with Gasteiger partial charge in [-0.15, -0.1) is 0 Å². The number of nitrogens with one attached hydrogen (secondary N) is 1. The number of aromatic amines is 1. The molecule has 0 aliphatic carbocycles. The minimum Gasteiger partial charge on any atom is -0.386 e. The molecule has 0 radical (unpaired) electrons. The van der Waals surface area contributed by atoms with Gasteiger partial charge < -0.3 is 15.0 Å². The summed E-state index contributed by atoms with van der Waals surface area (Å²) in [4.78, 5) is 5.85. The van der Waals surface area contributed by atoms with Crippen molar-refractivity contribution >= 4 is 17.0 Å². The molecule has 1 fully saturated rings. The maximum absolute atomic E-state index is 9.83. The van der Waals surface area contributed by atoms with Crippen LogP contribution in [0.15, 0.2) is 30.5 Å². The molecule has 0 unspecified atom stereocenters. The fourth-order valence-corrected chi connectivity index (χ4v) is 3.26. The number of H-pyrrole nitrogens is 1. The minimum absolute atomic E-state index is 0.662. The van der Waals surface area contributed by atoms with Crippen molar-refractivity contribution in [3.8, 4) is 0 Å². The Bertz CT molecular complexity index is 678.